The number of ether oxygens (including phenoxy) is 16. The van der Waals surface area contributed by atoms with Crippen LogP contribution in [0.15, 0.2) is 109 Å². The summed E-state index contributed by atoms with van der Waals surface area (Å²) >= 11 is 0. The van der Waals surface area contributed by atoms with Crippen LogP contribution in [0.2, 0.25) is 0 Å². The van der Waals surface area contributed by atoms with Gasteiger partial charge in [-0.25, -0.2) is 19.2 Å². The molecule has 0 atom stereocenters. The van der Waals surface area contributed by atoms with Crippen molar-refractivity contribution in [1.82, 2.24) is 0 Å². The second-order valence-corrected chi connectivity index (χ2v) is 28.0. The van der Waals surface area contributed by atoms with Gasteiger partial charge in [0.2, 0.25) is 0 Å². The molecule has 0 spiro atoms. The molecule has 0 N–H and O–H groups in total. The molecule has 9 rings (SSSR count). The number of hydrogen-bond acceptors (Lipinski definition) is 20. The topological polar surface area (TPSA) is 216 Å². The van der Waals surface area contributed by atoms with Crippen LogP contribution in [0.5, 0.6) is 46.0 Å². The van der Waals surface area contributed by atoms with Gasteiger partial charge in [0.05, 0.1) is 128 Å². The van der Waals surface area contributed by atoms with Crippen molar-refractivity contribution in [2.24, 2.45) is 21.7 Å². The number of esters is 4. The van der Waals surface area contributed by atoms with Gasteiger partial charge < -0.3 is 75.8 Å². The van der Waals surface area contributed by atoms with Gasteiger partial charge in [0.25, 0.3) is 0 Å². The first kappa shape index (κ1) is 79.0. The van der Waals surface area contributed by atoms with E-state index in [2.05, 4.69) is 27.7 Å². The predicted octanol–water partition coefficient (Wildman–Crippen LogP) is 16.1. The molecule has 4 heterocycles. The van der Waals surface area contributed by atoms with Crippen molar-refractivity contribution in [3.63, 3.8) is 0 Å². The average Bonchev–Trinajstić information content (AvgIpc) is 0.773. The number of unbranched alkanes of at least 4 members (excludes halogenated alkanes) is 12. The van der Waals surface area contributed by atoms with E-state index in [0.29, 0.717) is 49.4 Å². The average molecular weight is 1420 g/mol. The molecule has 4 aliphatic heterocycles. The van der Waals surface area contributed by atoms with Crippen LogP contribution in [0.4, 0.5) is 0 Å². The van der Waals surface area contributed by atoms with Crippen LogP contribution in [0.3, 0.4) is 0 Å². The van der Waals surface area contributed by atoms with Crippen molar-refractivity contribution < 1.29 is 95.0 Å². The lowest BCUT2D eigenvalue weighted by atomic mass is 9.84. The summed E-state index contributed by atoms with van der Waals surface area (Å²) in [6.45, 7) is 22.6. The first-order valence-corrected chi connectivity index (χ1v) is 37.5. The molecule has 4 aliphatic rings. The molecule has 0 unspecified atom stereocenters. The van der Waals surface area contributed by atoms with Gasteiger partial charge in [-0.1, -0.05) is 53.4 Å². The molecule has 102 heavy (non-hydrogen) atoms. The summed E-state index contributed by atoms with van der Waals surface area (Å²) in [4.78, 5) is 56.8. The molecule has 0 aromatic heterocycles. The SMILES string of the molecule is CCC1(COCCCCCCOc2ccc(C(=O)Oc3cc(OC(=O)c4ccc(OCCCCCCOCC5(CC)COC5)cc4)c(OC(=O)c4ccc(OCCCCCCOCC5(CC)COC5)cc4)cc3OC(=O)c3ccc(OCCCCCCOCC4(CC)COC4)cc3)cc2)COC1. The Morgan fingerprint density at radius 3 is 0.627 bits per heavy atom. The van der Waals surface area contributed by atoms with Crippen molar-refractivity contribution >= 4 is 23.9 Å². The molecule has 4 fully saturated rings. The van der Waals surface area contributed by atoms with Crippen molar-refractivity contribution in [3.05, 3.63) is 131 Å². The molecule has 5 aromatic rings. The van der Waals surface area contributed by atoms with Gasteiger partial charge in [-0.05, 0) is 200 Å². The zero-order chi connectivity index (χ0) is 71.6. The van der Waals surface area contributed by atoms with E-state index < -0.39 is 23.9 Å². The van der Waals surface area contributed by atoms with Gasteiger partial charge in [-0.2, -0.15) is 0 Å². The molecule has 5 aromatic carbocycles. The molecule has 0 bridgehead atoms. The van der Waals surface area contributed by atoms with E-state index in [0.717, 1.165) is 234 Å². The summed E-state index contributed by atoms with van der Waals surface area (Å²) < 4.78 is 93.8. The fourth-order valence-corrected chi connectivity index (χ4v) is 11.9. The van der Waals surface area contributed by atoms with Gasteiger partial charge in [0.1, 0.15) is 23.0 Å². The van der Waals surface area contributed by atoms with Gasteiger partial charge in [0.15, 0.2) is 23.0 Å². The standard InChI is InChI=1S/C82H110O20/c1-5-79(55-91-56-79)51-87-41-17-9-13-21-45-95-67-33-25-63(26-34-67)75(83)99-71-49-73(101-77(85)65-29-37-69(38-30-65)97-47-23-15-11-19-43-89-53-81(7-3)59-93-60-81)74(102-78(86)66-31-39-70(40-32-66)98-48-24-16-12-20-44-90-54-82(8-4)61-94-62-82)50-72(71)100-76(84)64-27-35-68(36-28-64)96-46-22-14-10-18-42-88-52-80(6-2)57-92-58-80/h25-40,49-50H,5-24,41-48,51-62H2,1-4H3. The quantitative estimate of drug-likeness (QED) is 0.0201. The Kier molecular flexibility index (Phi) is 32.5. The van der Waals surface area contributed by atoms with Crippen molar-refractivity contribution in [2.45, 2.75) is 156 Å². The van der Waals surface area contributed by atoms with Crippen LogP contribution >= 0.6 is 0 Å². The first-order chi connectivity index (χ1) is 49.9. The van der Waals surface area contributed by atoms with Crippen molar-refractivity contribution in [2.75, 3.05) is 132 Å². The number of carbonyl (C=O) groups excluding carboxylic acids is 4. The fraction of sp³-hybridized carbons (Fsp3) is 0.585. The second-order valence-electron chi connectivity index (χ2n) is 28.0. The molecule has 0 aliphatic carbocycles. The molecule has 4 saturated heterocycles. The predicted molar refractivity (Wildman–Crippen MR) is 385 cm³/mol. The normalized spacial score (nSPS) is 15.9. The maximum Gasteiger partial charge on any atom is 0.343 e. The molecule has 0 amide bonds. The van der Waals surface area contributed by atoms with Crippen LogP contribution in [0, 0.1) is 21.7 Å². The third kappa shape index (κ3) is 25.1. The summed E-state index contributed by atoms with van der Waals surface area (Å²) in [5, 5.41) is 0. The third-order valence-electron chi connectivity index (χ3n) is 19.9. The largest absolute Gasteiger partial charge is 0.494 e. The number of hydrogen-bond donors (Lipinski definition) is 0. The Labute approximate surface area is 603 Å². The summed E-state index contributed by atoms with van der Waals surface area (Å²) in [5.41, 5.74) is 1.25. The van der Waals surface area contributed by atoms with Gasteiger partial charge in [0, 0.05) is 60.2 Å². The summed E-state index contributed by atoms with van der Waals surface area (Å²) in [7, 11) is 0. The summed E-state index contributed by atoms with van der Waals surface area (Å²) in [5.74, 6) is -2.40. The summed E-state index contributed by atoms with van der Waals surface area (Å²) in [6.07, 6.45) is 19.4. The number of carbonyl (C=O) groups is 4. The highest BCUT2D eigenvalue weighted by atomic mass is 16.6. The molecule has 0 radical (unpaired) electrons. The minimum Gasteiger partial charge on any atom is -0.494 e. The van der Waals surface area contributed by atoms with E-state index in [4.69, 9.17) is 75.8 Å². The van der Waals surface area contributed by atoms with E-state index in [1.165, 1.54) is 12.1 Å². The maximum absolute atomic E-state index is 14.2. The lowest BCUT2D eigenvalue weighted by Crippen LogP contribution is -2.45. The minimum absolute atomic E-state index is 0.137. The number of benzene rings is 5. The Morgan fingerprint density at radius 2 is 0.461 bits per heavy atom. The Bertz CT molecular complexity index is 2830. The highest BCUT2D eigenvalue weighted by Crippen LogP contribution is 2.42. The number of rotatable bonds is 52. The van der Waals surface area contributed by atoms with E-state index in [1.54, 1.807) is 97.1 Å². The van der Waals surface area contributed by atoms with Crippen molar-refractivity contribution in [1.29, 1.82) is 0 Å². The highest BCUT2D eigenvalue weighted by Gasteiger charge is 2.40. The summed E-state index contributed by atoms with van der Waals surface area (Å²) in [6, 6.07) is 28.2. The first-order valence-electron chi connectivity index (χ1n) is 37.5. The zero-order valence-electron chi connectivity index (χ0n) is 60.8. The monoisotopic (exact) mass is 1410 g/mol. The second kappa shape index (κ2) is 42.0. The Balaban J connectivity index is 0.845. The van der Waals surface area contributed by atoms with E-state index in [9.17, 15) is 19.2 Å². The third-order valence-corrected chi connectivity index (χ3v) is 19.9. The highest BCUT2D eigenvalue weighted by molar-refractivity contribution is 5.96. The lowest BCUT2D eigenvalue weighted by molar-refractivity contribution is -0.150. The molecular weight excluding hydrogens is 1300 g/mol. The smallest absolute Gasteiger partial charge is 0.343 e. The minimum atomic E-state index is -0.839. The van der Waals surface area contributed by atoms with E-state index in [1.807, 2.05) is 0 Å². The van der Waals surface area contributed by atoms with Gasteiger partial charge in [-0.3, -0.25) is 0 Å². The molecule has 558 valence electrons. The van der Waals surface area contributed by atoms with Crippen LogP contribution in [0.1, 0.15) is 198 Å². The van der Waals surface area contributed by atoms with Crippen molar-refractivity contribution in [3.8, 4) is 46.0 Å². The maximum atomic E-state index is 14.2. The zero-order valence-corrected chi connectivity index (χ0v) is 60.8. The molecule has 0 saturated carbocycles. The molecule has 20 heteroatoms. The molecule has 20 nitrogen and oxygen atoms in total. The van der Waals surface area contributed by atoms with Crippen LogP contribution < -0.4 is 37.9 Å². The molecular formula is C82H110O20. The fourth-order valence-electron chi connectivity index (χ4n) is 11.9. The van der Waals surface area contributed by atoms with E-state index in [-0.39, 0.29) is 66.9 Å². The lowest BCUT2D eigenvalue weighted by Gasteiger charge is -2.40. The van der Waals surface area contributed by atoms with Gasteiger partial charge in [-0.15, -0.1) is 0 Å². The van der Waals surface area contributed by atoms with Crippen LogP contribution in [-0.2, 0) is 37.9 Å². The van der Waals surface area contributed by atoms with Gasteiger partial charge >= 0.3 is 23.9 Å². The van der Waals surface area contributed by atoms with E-state index >= 15 is 0 Å². The Hall–Kier alpha value is -7.14. The Morgan fingerprint density at radius 1 is 0.275 bits per heavy atom. The van der Waals surface area contributed by atoms with Crippen LogP contribution in [0.25, 0.3) is 0 Å². The van der Waals surface area contributed by atoms with Crippen LogP contribution in [-0.4, -0.2) is 156 Å².